The Labute approximate surface area is 257 Å². The Morgan fingerprint density at radius 2 is 0.953 bits per heavy atom. The number of nitrogens with zero attached hydrogens (tertiary/aromatic N) is 3. The number of halogens is 1. The van der Waals surface area contributed by atoms with Crippen LogP contribution in [0.3, 0.4) is 0 Å². The van der Waals surface area contributed by atoms with Gasteiger partial charge in [0.05, 0.1) is 39.2 Å². The van der Waals surface area contributed by atoms with Crippen molar-refractivity contribution in [1.29, 1.82) is 0 Å². The summed E-state index contributed by atoms with van der Waals surface area (Å²) in [7, 11) is 0. The maximum absolute atomic E-state index is 6.63. The second kappa shape index (κ2) is 12.8. The summed E-state index contributed by atoms with van der Waals surface area (Å²) < 4.78 is 0. The molecule has 0 aliphatic heterocycles. The van der Waals surface area contributed by atoms with Crippen LogP contribution < -0.4 is 0 Å². The minimum absolute atomic E-state index is 0.601. The van der Waals surface area contributed by atoms with Crippen molar-refractivity contribution >= 4 is 34.4 Å². The summed E-state index contributed by atoms with van der Waals surface area (Å²) in [5, 5.41) is 0.601. The van der Waals surface area contributed by atoms with E-state index in [9.17, 15) is 0 Å². The predicted octanol–water partition coefficient (Wildman–Crippen LogP) is 10.4. The standard InChI is InChI=1S/C39H30ClN3/c1-27-15-12-23-32(29-17-6-3-7-18-29)36(27)42-38(30-19-8-4-9-20-30)34-25-14-26-35(41-34)39(31-21-10-5-11-22-31)43-37-28(2)16-13-24-33(37)40/h3-26H,1-2H3. The van der Waals surface area contributed by atoms with E-state index in [0.29, 0.717) is 5.02 Å². The van der Waals surface area contributed by atoms with Crippen molar-refractivity contribution in [3.05, 3.63) is 184 Å². The van der Waals surface area contributed by atoms with E-state index in [-0.39, 0.29) is 0 Å². The molecule has 0 aliphatic carbocycles. The van der Waals surface area contributed by atoms with Gasteiger partial charge in [0.2, 0.25) is 0 Å². The van der Waals surface area contributed by atoms with Gasteiger partial charge in [-0.2, -0.15) is 0 Å². The Morgan fingerprint density at radius 1 is 0.488 bits per heavy atom. The van der Waals surface area contributed by atoms with Crippen LogP contribution in [-0.2, 0) is 0 Å². The molecule has 208 valence electrons. The lowest BCUT2D eigenvalue weighted by Gasteiger charge is -2.14. The third-order valence-electron chi connectivity index (χ3n) is 7.29. The molecule has 0 spiro atoms. The lowest BCUT2D eigenvalue weighted by Crippen LogP contribution is -2.12. The molecule has 6 aromatic rings. The van der Waals surface area contributed by atoms with Crippen LogP contribution in [0.1, 0.15) is 33.6 Å². The average Bonchev–Trinajstić information content (AvgIpc) is 3.05. The van der Waals surface area contributed by atoms with E-state index in [1.54, 1.807) is 0 Å². The van der Waals surface area contributed by atoms with Gasteiger partial charge in [0.25, 0.3) is 0 Å². The van der Waals surface area contributed by atoms with E-state index >= 15 is 0 Å². The normalized spacial score (nSPS) is 11.9. The van der Waals surface area contributed by atoms with Gasteiger partial charge in [0.1, 0.15) is 0 Å². The first-order chi connectivity index (χ1) is 21.1. The molecular formula is C39H30ClN3. The van der Waals surface area contributed by atoms with Crippen molar-refractivity contribution in [3.8, 4) is 11.1 Å². The number of pyridine rings is 1. The van der Waals surface area contributed by atoms with Gasteiger partial charge in [-0.3, -0.25) is 0 Å². The summed E-state index contributed by atoms with van der Waals surface area (Å²) in [6, 6.07) is 48.9. The lowest BCUT2D eigenvalue weighted by molar-refractivity contribution is 1.24. The van der Waals surface area contributed by atoms with Gasteiger partial charge >= 0.3 is 0 Å². The van der Waals surface area contributed by atoms with Gasteiger partial charge < -0.3 is 0 Å². The molecule has 1 aromatic heterocycles. The van der Waals surface area contributed by atoms with E-state index in [1.165, 1.54) is 0 Å². The van der Waals surface area contributed by atoms with E-state index in [4.69, 9.17) is 26.6 Å². The number of aromatic nitrogens is 1. The van der Waals surface area contributed by atoms with Crippen LogP contribution >= 0.6 is 11.6 Å². The molecule has 0 unspecified atom stereocenters. The largest absolute Gasteiger partial charge is 0.245 e. The summed E-state index contributed by atoms with van der Waals surface area (Å²) >= 11 is 6.63. The van der Waals surface area contributed by atoms with Crippen molar-refractivity contribution in [3.63, 3.8) is 0 Å². The van der Waals surface area contributed by atoms with Crippen LogP contribution in [0.4, 0.5) is 11.4 Å². The molecule has 4 heteroatoms. The highest BCUT2D eigenvalue weighted by molar-refractivity contribution is 6.33. The fourth-order valence-corrected chi connectivity index (χ4v) is 5.34. The number of hydrogen-bond acceptors (Lipinski definition) is 3. The number of aryl methyl sites for hydroxylation is 2. The molecule has 3 nitrogen and oxygen atoms in total. The Hall–Kier alpha value is -5.12. The number of rotatable bonds is 7. The van der Waals surface area contributed by atoms with Gasteiger partial charge in [-0.05, 0) is 48.7 Å². The first-order valence-corrected chi connectivity index (χ1v) is 14.6. The van der Waals surface area contributed by atoms with Gasteiger partial charge in [0.15, 0.2) is 0 Å². The van der Waals surface area contributed by atoms with Crippen LogP contribution in [0.25, 0.3) is 11.1 Å². The Bertz CT molecular complexity index is 1910. The van der Waals surface area contributed by atoms with Crippen LogP contribution in [0.2, 0.25) is 5.02 Å². The monoisotopic (exact) mass is 575 g/mol. The molecule has 6 rings (SSSR count). The summed E-state index contributed by atoms with van der Waals surface area (Å²) in [6.07, 6.45) is 0. The minimum atomic E-state index is 0.601. The topological polar surface area (TPSA) is 37.6 Å². The van der Waals surface area contributed by atoms with Crippen molar-refractivity contribution < 1.29 is 0 Å². The number of hydrogen-bond donors (Lipinski definition) is 0. The average molecular weight is 576 g/mol. The van der Waals surface area contributed by atoms with Crippen molar-refractivity contribution in [2.24, 2.45) is 9.98 Å². The number of para-hydroxylation sites is 2. The zero-order valence-electron chi connectivity index (χ0n) is 24.1. The van der Waals surface area contributed by atoms with Crippen molar-refractivity contribution in [2.75, 3.05) is 0 Å². The van der Waals surface area contributed by atoms with Crippen LogP contribution in [0, 0.1) is 13.8 Å². The highest BCUT2D eigenvalue weighted by Gasteiger charge is 2.17. The van der Waals surface area contributed by atoms with Gasteiger partial charge in [-0.1, -0.05) is 139 Å². The zero-order chi connectivity index (χ0) is 29.6. The van der Waals surface area contributed by atoms with Gasteiger partial charge in [0, 0.05) is 16.7 Å². The molecule has 0 atom stereocenters. The van der Waals surface area contributed by atoms with E-state index in [0.717, 1.165) is 67.6 Å². The van der Waals surface area contributed by atoms with Crippen LogP contribution in [0.15, 0.2) is 156 Å². The highest BCUT2D eigenvalue weighted by atomic mass is 35.5. The summed E-state index contributed by atoms with van der Waals surface area (Å²) in [5.41, 5.74) is 10.9. The van der Waals surface area contributed by atoms with Crippen LogP contribution in [0.5, 0.6) is 0 Å². The first-order valence-electron chi connectivity index (χ1n) is 14.2. The second-order valence-corrected chi connectivity index (χ2v) is 10.7. The van der Waals surface area contributed by atoms with E-state index < -0.39 is 0 Å². The fourth-order valence-electron chi connectivity index (χ4n) is 5.08. The quantitative estimate of drug-likeness (QED) is 0.174. The first kappa shape index (κ1) is 28.0. The van der Waals surface area contributed by atoms with Crippen molar-refractivity contribution in [2.45, 2.75) is 13.8 Å². The molecule has 0 bridgehead atoms. The summed E-state index contributed by atoms with van der Waals surface area (Å²) in [4.78, 5) is 15.7. The summed E-state index contributed by atoms with van der Waals surface area (Å²) in [5.74, 6) is 0. The molecule has 43 heavy (non-hydrogen) atoms. The smallest absolute Gasteiger partial charge is 0.0966 e. The lowest BCUT2D eigenvalue weighted by atomic mass is 9.99. The van der Waals surface area contributed by atoms with Crippen LogP contribution in [-0.4, -0.2) is 16.4 Å². The van der Waals surface area contributed by atoms with Gasteiger partial charge in [-0.15, -0.1) is 0 Å². The van der Waals surface area contributed by atoms with Crippen molar-refractivity contribution in [1.82, 2.24) is 4.98 Å². The minimum Gasteiger partial charge on any atom is -0.245 e. The summed E-state index contributed by atoms with van der Waals surface area (Å²) in [6.45, 7) is 4.12. The molecule has 0 saturated carbocycles. The highest BCUT2D eigenvalue weighted by Crippen LogP contribution is 2.35. The maximum atomic E-state index is 6.63. The second-order valence-electron chi connectivity index (χ2n) is 10.3. The molecule has 0 fully saturated rings. The molecule has 0 amide bonds. The maximum Gasteiger partial charge on any atom is 0.0966 e. The van der Waals surface area contributed by atoms with E-state index in [1.807, 2.05) is 97.9 Å². The predicted molar refractivity (Wildman–Crippen MR) is 181 cm³/mol. The molecule has 5 aromatic carbocycles. The molecule has 1 heterocycles. The third-order valence-corrected chi connectivity index (χ3v) is 7.59. The molecule has 0 N–H and O–H groups in total. The Balaban J connectivity index is 1.56. The Kier molecular flexibility index (Phi) is 8.35. The van der Waals surface area contributed by atoms with E-state index in [2.05, 4.69) is 61.5 Å². The number of aliphatic imine (C=N–C) groups is 2. The number of benzene rings is 5. The zero-order valence-corrected chi connectivity index (χ0v) is 24.8. The third kappa shape index (κ3) is 6.23. The SMILES string of the molecule is Cc1cccc(Cl)c1N=C(c1ccccc1)c1cccc(C(=Nc2c(C)cccc2-c2ccccc2)c2ccccc2)n1. The molecular weight excluding hydrogens is 546 g/mol. The molecule has 0 aliphatic rings. The fraction of sp³-hybridized carbons (Fsp3) is 0.0513. The molecule has 0 radical (unpaired) electrons. The van der Waals surface area contributed by atoms with Gasteiger partial charge in [-0.25, -0.2) is 15.0 Å². The molecule has 0 saturated heterocycles. The Morgan fingerprint density at radius 3 is 1.51 bits per heavy atom.